The van der Waals surface area contributed by atoms with Crippen LogP contribution >= 0.6 is 11.6 Å². The first-order chi connectivity index (χ1) is 11.2. The molecule has 0 atom stereocenters. The van der Waals surface area contributed by atoms with Crippen molar-refractivity contribution in [3.05, 3.63) is 52.3 Å². The number of carboxylic acid groups (broad SMARTS) is 1. The quantitative estimate of drug-likeness (QED) is 0.709. The zero-order chi connectivity index (χ0) is 17.6. The fraction of sp³-hybridized carbons (Fsp3) is 0.133. The second-order valence-electron chi connectivity index (χ2n) is 5.08. The molecule has 1 aromatic carbocycles. The van der Waals surface area contributed by atoms with Crippen LogP contribution in [0.1, 0.15) is 21.7 Å². The van der Waals surface area contributed by atoms with Crippen molar-refractivity contribution in [3.8, 4) is 11.3 Å². The van der Waals surface area contributed by atoms with Crippen LogP contribution in [0.5, 0.6) is 0 Å². The molecule has 0 fully saturated rings. The maximum absolute atomic E-state index is 13.3. The topological polar surface area (TPSA) is 70.3 Å². The number of carboxylic acids is 1. The lowest BCUT2D eigenvalue weighted by Crippen LogP contribution is -2.23. The van der Waals surface area contributed by atoms with Gasteiger partial charge in [0.15, 0.2) is 11.3 Å². The Morgan fingerprint density at radius 1 is 1.25 bits per heavy atom. The van der Waals surface area contributed by atoms with Crippen LogP contribution in [0.4, 0.5) is 13.2 Å². The van der Waals surface area contributed by atoms with Crippen LogP contribution in [-0.4, -0.2) is 20.6 Å². The van der Waals surface area contributed by atoms with E-state index in [1.807, 2.05) is 6.92 Å². The summed E-state index contributed by atoms with van der Waals surface area (Å²) in [7, 11) is 0. The van der Waals surface area contributed by atoms with Crippen molar-refractivity contribution < 1.29 is 23.1 Å². The largest absolute Gasteiger partial charge is 0.543 e. The summed E-state index contributed by atoms with van der Waals surface area (Å²) in [6.45, 7) is 1.83. The second-order valence-corrected chi connectivity index (χ2v) is 5.45. The third-order valence-corrected chi connectivity index (χ3v) is 3.71. The molecule has 0 saturated carbocycles. The second kappa shape index (κ2) is 5.48. The number of halogens is 4. The van der Waals surface area contributed by atoms with Crippen LogP contribution in [-0.2, 0) is 6.18 Å². The van der Waals surface area contributed by atoms with Gasteiger partial charge in [-0.25, -0.2) is 9.50 Å². The molecule has 0 radical (unpaired) electrons. The van der Waals surface area contributed by atoms with Gasteiger partial charge < -0.3 is 9.90 Å². The van der Waals surface area contributed by atoms with E-state index in [4.69, 9.17) is 11.6 Å². The summed E-state index contributed by atoms with van der Waals surface area (Å²) in [6, 6.07) is 7.45. The summed E-state index contributed by atoms with van der Waals surface area (Å²) in [5.41, 5.74) is -1.02. The van der Waals surface area contributed by atoms with Crippen molar-refractivity contribution in [2.45, 2.75) is 13.1 Å². The molecule has 2 heterocycles. The SMILES string of the molecule is Cc1ccc(-c2cc(C(F)(F)F)n3nc(C(=O)[O-])c(Cl)c3n2)cc1. The van der Waals surface area contributed by atoms with Crippen molar-refractivity contribution in [3.63, 3.8) is 0 Å². The number of alkyl halides is 3. The number of benzene rings is 1. The number of hydrogen-bond donors (Lipinski definition) is 0. The Kier molecular flexibility index (Phi) is 3.71. The van der Waals surface area contributed by atoms with Gasteiger partial charge in [-0.3, -0.25) is 0 Å². The molecule has 124 valence electrons. The minimum atomic E-state index is -4.78. The summed E-state index contributed by atoms with van der Waals surface area (Å²) >= 11 is 5.82. The Hall–Kier alpha value is -2.61. The number of aryl methyl sites for hydroxylation is 1. The molecule has 0 bridgehead atoms. The predicted molar refractivity (Wildman–Crippen MR) is 77.5 cm³/mol. The Morgan fingerprint density at radius 2 is 1.88 bits per heavy atom. The molecular formula is C15H8ClF3N3O2-. The highest BCUT2D eigenvalue weighted by Gasteiger charge is 2.36. The fourth-order valence-corrected chi connectivity index (χ4v) is 2.43. The van der Waals surface area contributed by atoms with E-state index >= 15 is 0 Å². The number of fused-ring (bicyclic) bond motifs is 1. The van der Waals surface area contributed by atoms with E-state index in [1.54, 1.807) is 24.3 Å². The van der Waals surface area contributed by atoms with Gasteiger partial charge in [-0.15, -0.1) is 0 Å². The van der Waals surface area contributed by atoms with Crippen LogP contribution in [0.3, 0.4) is 0 Å². The highest BCUT2D eigenvalue weighted by Crippen LogP contribution is 2.34. The molecule has 24 heavy (non-hydrogen) atoms. The number of aromatic nitrogens is 3. The van der Waals surface area contributed by atoms with Crippen molar-refractivity contribution in [1.29, 1.82) is 0 Å². The first-order valence-electron chi connectivity index (χ1n) is 6.63. The molecule has 0 spiro atoms. The Bertz CT molecular complexity index is 949. The third kappa shape index (κ3) is 2.69. The lowest BCUT2D eigenvalue weighted by Gasteiger charge is -2.11. The smallest absolute Gasteiger partial charge is 0.433 e. The van der Waals surface area contributed by atoms with E-state index in [-0.39, 0.29) is 5.69 Å². The van der Waals surface area contributed by atoms with E-state index < -0.39 is 34.2 Å². The maximum atomic E-state index is 13.3. The highest BCUT2D eigenvalue weighted by atomic mass is 35.5. The molecule has 3 rings (SSSR count). The van der Waals surface area contributed by atoms with Crippen molar-refractivity contribution >= 4 is 23.2 Å². The number of carbonyl (C=O) groups excluding carboxylic acids is 1. The minimum Gasteiger partial charge on any atom is -0.543 e. The molecule has 0 saturated heterocycles. The van der Waals surface area contributed by atoms with Gasteiger partial charge in [0.05, 0.1) is 11.7 Å². The van der Waals surface area contributed by atoms with E-state index in [9.17, 15) is 23.1 Å². The van der Waals surface area contributed by atoms with Crippen molar-refractivity contribution in [2.24, 2.45) is 0 Å². The standard InChI is InChI=1S/C15H9ClF3N3O2/c1-7-2-4-8(5-3-7)9-6-10(15(17,18)19)22-13(20-9)11(16)12(21-22)14(23)24/h2-6H,1H3,(H,23,24)/p-1. The molecule has 2 aromatic heterocycles. The van der Waals surface area contributed by atoms with Gasteiger partial charge in [0.25, 0.3) is 0 Å². The van der Waals surface area contributed by atoms with Crippen LogP contribution < -0.4 is 5.11 Å². The number of hydrogen-bond acceptors (Lipinski definition) is 4. The van der Waals surface area contributed by atoms with Gasteiger partial charge >= 0.3 is 6.18 Å². The molecule has 5 nitrogen and oxygen atoms in total. The molecule has 0 unspecified atom stereocenters. The minimum absolute atomic E-state index is 0.00141. The zero-order valence-corrected chi connectivity index (χ0v) is 12.8. The average Bonchev–Trinajstić information content (AvgIpc) is 2.83. The average molecular weight is 355 g/mol. The van der Waals surface area contributed by atoms with Gasteiger partial charge in [0, 0.05) is 5.56 Å². The zero-order valence-electron chi connectivity index (χ0n) is 12.1. The molecule has 9 heteroatoms. The summed E-state index contributed by atoms with van der Waals surface area (Å²) in [6.07, 6.45) is -4.78. The van der Waals surface area contributed by atoms with E-state index in [1.165, 1.54) is 0 Å². The summed E-state index contributed by atoms with van der Waals surface area (Å²) in [4.78, 5) is 15.0. The Labute approximate surface area is 138 Å². The van der Waals surface area contributed by atoms with Crippen LogP contribution in [0.2, 0.25) is 5.02 Å². The summed E-state index contributed by atoms with van der Waals surface area (Å²) in [5.74, 6) is -1.78. The predicted octanol–water partition coefficient (Wildman–Crippen LogP) is 2.74. The van der Waals surface area contributed by atoms with Gasteiger partial charge in [0.2, 0.25) is 0 Å². The molecule has 0 aliphatic heterocycles. The first kappa shape index (κ1) is 16.3. The van der Waals surface area contributed by atoms with Gasteiger partial charge in [-0.2, -0.15) is 18.3 Å². The maximum Gasteiger partial charge on any atom is 0.433 e. The molecule has 0 amide bonds. The summed E-state index contributed by atoms with van der Waals surface area (Å²) in [5, 5.41) is 13.8. The van der Waals surface area contributed by atoms with Crippen LogP contribution in [0, 0.1) is 6.92 Å². The molecule has 3 aromatic rings. The number of nitrogens with zero attached hydrogens (tertiary/aromatic N) is 3. The molecular weight excluding hydrogens is 347 g/mol. The van der Waals surface area contributed by atoms with Gasteiger partial charge in [-0.1, -0.05) is 41.4 Å². The Morgan fingerprint density at radius 3 is 2.42 bits per heavy atom. The normalized spacial score (nSPS) is 11.9. The lowest BCUT2D eigenvalue weighted by molar-refractivity contribution is -0.255. The number of rotatable bonds is 2. The van der Waals surface area contributed by atoms with Crippen molar-refractivity contribution in [2.75, 3.05) is 0 Å². The highest BCUT2D eigenvalue weighted by molar-refractivity contribution is 6.36. The van der Waals surface area contributed by atoms with Gasteiger partial charge in [0.1, 0.15) is 10.7 Å². The first-order valence-corrected chi connectivity index (χ1v) is 7.01. The fourth-order valence-electron chi connectivity index (χ4n) is 2.20. The van der Waals surface area contributed by atoms with Crippen LogP contribution in [0.15, 0.2) is 30.3 Å². The van der Waals surface area contributed by atoms with Gasteiger partial charge in [-0.05, 0) is 13.0 Å². The lowest BCUT2D eigenvalue weighted by atomic mass is 10.1. The van der Waals surface area contributed by atoms with E-state index in [0.717, 1.165) is 11.6 Å². The Balaban J connectivity index is 2.35. The summed E-state index contributed by atoms with van der Waals surface area (Å²) < 4.78 is 40.3. The molecule has 0 aliphatic carbocycles. The van der Waals surface area contributed by atoms with E-state index in [2.05, 4.69) is 10.1 Å². The van der Waals surface area contributed by atoms with E-state index in [0.29, 0.717) is 10.1 Å². The number of carbonyl (C=O) groups is 1. The third-order valence-electron chi connectivity index (χ3n) is 3.36. The number of aromatic carboxylic acids is 1. The molecule has 0 aliphatic rings. The van der Waals surface area contributed by atoms with Crippen molar-refractivity contribution in [1.82, 2.24) is 14.6 Å². The monoisotopic (exact) mass is 354 g/mol. The van der Waals surface area contributed by atoms with Crippen LogP contribution in [0.25, 0.3) is 16.9 Å². The molecule has 0 N–H and O–H groups in total.